The quantitative estimate of drug-likeness (QED) is 0.532. The second-order valence-electron chi connectivity index (χ2n) is 6.68. The van der Waals surface area contributed by atoms with Crippen LogP contribution in [-0.2, 0) is 11.3 Å². The predicted octanol–water partition coefficient (Wildman–Crippen LogP) is 4.37. The molecule has 1 unspecified atom stereocenters. The van der Waals surface area contributed by atoms with Crippen LogP contribution in [-0.4, -0.2) is 15.5 Å². The number of aromatic nitrogens is 2. The molecule has 5 nitrogen and oxygen atoms in total. The van der Waals surface area contributed by atoms with Gasteiger partial charge in [0.05, 0.1) is 17.8 Å². The summed E-state index contributed by atoms with van der Waals surface area (Å²) >= 11 is 3.03. The summed E-state index contributed by atoms with van der Waals surface area (Å²) in [4.78, 5) is 31.7. The van der Waals surface area contributed by atoms with E-state index < -0.39 is 0 Å². The Morgan fingerprint density at radius 1 is 1.21 bits per heavy atom. The summed E-state index contributed by atoms with van der Waals surface area (Å²) in [7, 11) is 0. The van der Waals surface area contributed by atoms with Gasteiger partial charge in [-0.15, -0.1) is 22.7 Å². The van der Waals surface area contributed by atoms with Gasteiger partial charge in [-0.25, -0.2) is 4.98 Å². The third-order valence-electron chi connectivity index (χ3n) is 4.58. The molecule has 0 aliphatic carbocycles. The number of aryl methyl sites for hydroxylation is 1. The zero-order valence-corrected chi connectivity index (χ0v) is 17.1. The van der Waals surface area contributed by atoms with Crippen LogP contribution in [0, 0.1) is 6.92 Å². The highest BCUT2D eigenvalue weighted by atomic mass is 32.1. The van der Waals surface area contributed by atoms with Crippen molar-refractivity contribution < 1.29 is 4.79 Å². The summed E-state index contributed by atoms with van der Waals surface area (Å²) in [6.07, 6.45) is 1.45. The molecule has 1 atom stereocenters. The summed E-state index contributed by atoms with van der Waals surface area (Å²) in [5.74, 6) is -0.212. The van der Waals surface area contributed by atoms with E-state index in [0.29, 0.717) is 10.2 Å². The number of nitrogens with one attached hydrogen (secondary N) is 1. The fraction of sp³-hybridized carbons (Fsp3) is 0.190. The lowest BCUT2D eigenvalue weighted by molar-refractivity contribution is -0.122. The number of carbonyl (C=O) groups excluding carboxylic acids is 1. The Bertz CT molecular complexity index is 1170. The van der Waals surface area contributed by atoms with Crippen molar-refractivity contribution in [3.63, 3.8) is 0 Å². The molecule has 142 valence electrons. The summed E-state index contributed by atoms with van der Waals surface area (Å²) in [6, 6.07) is 11.9. The molecule has 7 heteroatoms. The van der Waals surface area contributed by atoms with E-state index in [1.165, 1.54) is 22.2 Å². The highest BCUT2D eigenvalue weighted by Gasteiger charge is 2.16. The summed E-state index contributed by atoms with van der Waals surface area (Å²) in [5.41, 5.74) is 2.81. The molecule has 0 radical (unpaired) electrons. The number of rotatable bonds is 5. The maximum absolute atomic E-state index is 13.1. The smallest absolute Gasteiger partial charge is 0.263 e. The minimum atomic E-state index is -0.212. The van der Waals surface area contributed by atoms with Crippen LogP contribution in [0.5, 0.6) is 0 Å². The van der Waals surface area contributed by atoms with Crippen LogP contribution in [0.1, 0.15) is 23.4 Å². The van der Waals surface area contributed by atoms with Crippen LogP contribution in [0.25, 0.3) is 21.3 Å². The third-order valence-corrected chi connectivity index (χ3v) is 6.53. The van der Waals surface area contributed by atoms with Gasteiger partial charge in [0.25, 0.3) is 5.56 Å². The topological polar surface area (TPSA) is 64.0 Å². The largest absolute Gasteiger partial charge is 0.347 e. The Balaban J connectivity index is 1.62. The van der Waals surface area contributed by atoms with Crippen molar-refractivity contribution in [3.8, 4) is 11.1 Å². The van der Waals surface area contributed by atoms with Gasteiger partial charge in [-0.05, 0) is 30.9 Å². The number of carbonyl (C=O) groups is 1. The van der Waals surface area contributed by atoms with Crippen molar-refractivity contribution in [3.05, 3.63) is 74.3 Å². The molecule has 0 aliphatic heterocycles. The van der Waals surface area contributed by atoms with E-state index >= 15 is 0 Å². The molecule has 3 aromatic heterocycles. The summed E-state index contributed by atoms with van der Waals surface area (Å²) in [5, 5.41) is 7.43. The Morgan fingerprint density at radius 2 is 2.00 bits per heavy atom. The van der Waals surface area contributed by atoms with Crippen molar-refractivity contribution in [1.82, 2.24) is 14.9 Å². The molecule has 4 aromatic rings. The van der Waals surface area contributed by atoms with Crippen molar-refractivity contribution in [1.29, 1.82) is 0 Å². The van der Waals surface area contributed by atoms with Gasteiger partial charge in [0.15, 0.2) is 0 Å². The van der Waals surface area contributed by atoms with E-state index in [0.717, 1.165) is 21.6 Å². The number of amides is 1. The standard InChI is InChI=1S/C21H19N3O2S2/c1-13-5-7-15(8-6-13)16-11-28-20-19(16)21(26)24(12-22-20)10-18(25)23-14(2)17-4-3-9-27-17/h3-9,11-12,14H,10H2,1-2H3,(H,23,25). The Hall–Kier alpha value is -2.77. The van der Waals surface area contributed by atoms with Crippen LogP contribution >= 0.6 is 22.7 Å². The Labute approximate surface area is 170 Å². The maximum atomic E-state index is 13.1. The van der Waals surface area contributed by atoms with Crippen molar-refractivity contribution in [2.75, 3.05) is 0 Å². The second kappa shape index (κ2) is 7.69. The maximum Gasteiger partial charge on any atom is 0.263 e. The van der Waals surface area contributed by atoms with Gasteiger partial charge in [0.1, 0.15) is 11.4 Å². The minimum Gasteiger partial charge on any atom is -0.347 e. The zero-order chi connectivity index (χ0) is 19.7. The van der Waals surface area contributed by atoms with Crippen LogP contribution < -0.4 is 10.9 Å². The highest BCUT2D eigenvalue weighted by molar-refractivity contribution is 7.17. The monoisotopic (exact) mass is 409 g/mol. The molecule has 1 amide bonds. The predicted molar refractivity (Wildman–Crippen MR) is 115 cm³/mol. The van der Waals surface area contributed by atoms with Crippen molar-refractivity contribution >= 4 is 38.8 Å². The molecule has 0 spiro atoms. The fourth-order valence-electron chi connectivity index (χ4n) is 3.08. The van der Waals surface area contributed by atoms with Gasteiger partial charge in [-0.1, -0.05) is 35.9 Å². The lowest BCUT2D eigenvalue weighted by atomic mass is 10.1. The Kier molecular flexibility index (Phi) is 5.11. The molecule has 0 bridgehead atoms. The first-order chi connectivity index (χ1) is 13.5. The summed E-state index contributed by atoms with van der Waals surface area (Å²) < 4.78 is 1.38. The molecular formula is C21H19N3O2S2. The molecule has 0 saturated carbocycles. The molecule has 0 fully saturated rings. The van der Waals surface area contributed by atoms with Gasteiger partial charge < -0.3 is 5.32 Å². The van der Waals surface area contributed by atoms with Gasteiger partial charge in [0, 0.05) is 15.8 Å². The first-order valence-corrected chi connectivity index (χ1v) is 10.7. The molecule has 1 N–H and O–H groups in total. The zero-order valence-electron chi connectivity index (χ0n) is 15.5. The molecule has 0 aliphatic rings. The molecular weight excluding hydrogens is 390 g/mol. The highest BCUT2D eigenvalue weighted by Crippen LogP contribution is 2.30. The van der Waals surface area contributed by atoms with E-state index in [1.807, 2.05) is 61.0 Å². The third kappa shape index (κ3) is 3.63. The van der Waals surface area contributed by atoms with E-state index in [-0.39, 0.29) is 24.1 Å². The molecule has 0 saturated heterocycles. The van der Waals surface area contributed by atoms with Gasteiger partial charge in [0.2, 0.25) is 5.91 Å². The number of hydrogen-bond acceptors (Lipinski definition) is 5. The average Bonchev–Trinajstić information content (AvgIpc) is 3.35. The van der Waals surface area contributed by atoms with E-state index in [4.69, 9.17) is 0 Å². The van der Waals surface area contributed by atoms with Crippen LogP contribution in [0.4, 0.5) is 0 Å². The number of benzene rings is 1. The lowest BCUT2D eigenvalue weighted by Crippen LogP contribution is -2.33. The van der Waals surface area contributed by atoms with Crippen LogP contribution in [0.3, 0.4) is 0 Å². The van der Waals surface area contributed by atoms with E-state index in [2.05, 4.69) is 10.3 Å². The fourth-order valence-corrected chi connectivity index (χ4v) is 4.72. The van der Waals surface area contributed by atoms with Crippen molar-refractivity contribution in [2.45, 2.75) is 26.4 Å². The SMILES string of the molecule is Cc1ccc(-c2csc3ncn(CC(=O)NC(C)c4cccs4)c(=O)c23)cc1. The first kappa shape index (κ1) is 18.6. The van der Waals surface area contributed by atoms with Gasteiger partial charge in [-0.2, -0.15) is 0 Å². The number of nitrogens with zero attached hydrogens (tertiary/aromatic N) is 2. The van der Waals surface area contributed by atoms with Gasteiger partial charge in [-0.3, -0.25) is 14.2 Å². The number of thiophene rings is 2. The Morgan fingerprint density at radius 3 is 2.71 bits per heavy atom. The van der Waals surface area contributed by atoms with E-state index in [1.54, 1.807) is 11.3 Å². The first-order valence-electron chi connectivity index (χ1n) is 8.89. The lowest BCUT2D eigenvalue weighted by Gasteiger charge is -2.13. The summed E-state index contributed by atoms with van der Waals surface area (Å²) in [6.45, 7) is 3.91. The average molecular weight is 410 g/mol. The van der Waals surface area contributed by atoms with Crippen molar-refractivity contribution in [2.24, 2.45) is 0 Å². The molecule has 28 heavy (non-hydrogen) atoms. The van der Waals surface area contributed by atoms with Crippen LogP contribution in [0.2, 0.25) is 0 Å². The van der Waals surface area contributed by atoms with E-state index in [9.17, 15) is 9.59 Å². The normalized spacial score (nSPS) is 12.2. The molecule has 1 aromatic carbocycles. The van der Waals surface area contributed by atoms with Gasteiger partial charge >= 0.3 is 0 Å². The number of fused-ring (bicyclic) bond motifs is 1. The minimum absolute atomic E-state index is 0.0549. The molecule has 3 heterocycles. The van der Waals surface area contributed by atoms with Crippen LogP contribution in [0.15, 0.2) is 58.3 Å². The number of hydrogen-bond donors (Lipinski definition) is 1. The second-order valence-corrected chi connectivity index (χ2v) is 8.52. The molecule has 4 rings (SSSR count).